The number of aryl methyl sites for hydroxylation is 1. The molecule has 1 atom stereocenters. The van der Waals surface area contributed by atoms with Crippen molar-refractivity contribution in [2.24, 2.45) is 0 Å². The van der Waals surface area contributed by atoms with E-state index in [4.69, 9.17) is 17.0 Å². The van der Waals surface area contributed by atoms with E-state index >= 15 is 0 Å². The first-order chi connectivity index (χ1) is 12.9. The summed E-state index contributed by atoms with van der Waals surface area (Å²) in [6, 6.07) is 10.1. The van der Waals surface area contributed by atoms with Crippen molar-refractivity contribution < 1.29 is 13.2 Å². The van der Waals surface area contributed by atoms with Crippen molar-refractivity contribution in [1.29, 1.82) is 0 Å². The van der Waals surface area contributed by atoms with E-state index in [1.165, 1.54) is 0 Å². The molecule has 1 fully saturated rings. The summed E-state index contributed by atoms with van der Waals surface area (Å²) in [7, 11) is -1.31. The Balaban J connectivity index is 1.80. The van der Waals surface area contributed by atoms with Crippen LogP contribution in [0.5, 0.6) is 0 Å². The summed E-state index contributed by atoms with van der Waals surface area (Å²) < 4.78 is 33.4. The fourth-order valence-electron chi connectivity index (χ4n) is 3.40. The molecule has 0 bridgehead atoms. The monoisotopic (exact) mass is 410 g/mol. The molecule has 27 heavy (non-hydrogen) atoms. The zero-order valence-electron chi connectivity index (χ0n) is 15.7. The molecule has 148 valence electrons. The van der Waals surface area contributed by atoms with Gasteiger partial charge in [0.05, 0.1) is 31.3 Å². The molecule has 9 heteroatoms. The lowest BCUT2D eigenvalue weighted by Crippen LogP contribution is -2.40. The van der Waals surface area contributed by atoms with E-state index in [1.807, 2.05) is 29.7 Å². The van der Waals surface area contributed by atoms with Crippen LogP contribution in [0, 0.1) is 11.7 Å². The number of hydrogen-bond acceptors (Lipinski definition) is 6. The molecule has 0 saturated carbocycles. The second-order valence-electron chi connectivity index (χ2n) is 6.90. The van der Waals surface area contributed by atoms with Crippen LogP contribution in [0.2, 0.25) is 0 Å². The molecule has 1 aromatic heterocycles. The highest BCUT2D eigenvalue weighted by molar-refractivity contribution is 7.91. The van der Waals surface area contributed by atoms with Gasteiger partial charge in [0.15, 0.2) is 14.6 Å². The third-order valence-electron chi connectivity index (χ3n) is 4.91. The average molecular weight is 411 g/mol. The predicted molar refractivity (Wildman–Crippen MR) is 107 cm³/mol. The molecule has 0 aliphatic carbocycles. The maximum atomic E-state index is 11.9. The van der Waals surface area contributed by atoms with Crippen LogP contribution in [0.25, 0.3) is 0 Å². The number of methoxy groups -OCH3 is 1. The first-order valence-electron chi connectivity index (χ1n) is 9.01. The summed E-state index contributed by atoms with van der Waals surface area (Å²) in [6.45, 7) is 4.25. The first kappa shape index (κ1) is 20.2. The van der Waals surface area contributed by atoms with Gasteiger partial charge in [-0.2, -0.15) is 5.10 Å². The lowest BCUT2D eigenvalue weighted by atomic mass is 10.2. The fourth-order valence-corrected chi connectivity index (χ4v) is 5.46. The molecule has 7 nitrogen and oxygen atoms in total. The van der Waals surface area contributed by atoms with Crippen LogP contribution in [0.4, 0.5) is 0 Å². The fraction of sp³-hybridized carbons (Fsp3) is 0.556. The number of ether oxygens (including phenoxy) is 1. The quantitative estimate of drug-likeness (QED) is 0.619. The van der Waals surface area contributed by atoms with Gasteiger partial charge >= 0.3 is 0 Å². The van der Waals surface area contributed by atoms with Crippen molar-refractivity contribution in [3.63, 3.8) is 0 Å². The topological polar surface area (TPSA) is 69.4 Å². The Hall–Kier alpha value is -1.55. The van der Waals surface area contributed by atoms with E-state index in [0.29, 0.717) is 37.6 Å². The molecule has 0 N–H and O–H groups in total. The molecule has 1 aromatic carbocycles. The van der Waals surface area contributed by atoms with Crippen molar-refractivity contribution in [2.75, 3.05) is 31.8 Å². The Labute approximate surface area is 165 Å². The Morgan fingerprint density at radius 3 is 2.70 bits per heavy atom. The molecule has 1 aliphatic rings. The average Bonchev–Trinajstić information content (AvgIpc) is 3.13. The van der Waals surface area contributed by atoms with Crippen molar-refractivity contribution >= 4 is 22.1 Å². The smallest absolute Gasteiger partial charge is 0.199 e. The second kappa shape index (κ2) is 8.64. The normalized spacial score (nSPS) is 19.0. The van der Waals surface area contributed by atoms with E-state index in [9.17, 15) is 8.42 Å². The van der Waals surface area contributed by atoms with Gasteiger partial charge in [-0.1, -0.05) is 30.3 Å². The molecular weight excluding hydrogens is 384 g/mol. The molecule has 1 saturated heterocycles. The number of nitrogens with zero attached hydrogens (tertiary/aromatic N) is 4. The highest BCUT2D eigenvalue weighted by atomic mass is 32.2. The SMILES string of the molecule is COCCN(Cn1nc(C)n(Cc2ccccc2)c1=S)[C@@H]1CCS(=O)(=O)C1. The summed E-state index contributed by atoms with van der Waals surface area (Å²) in [5, 5.41) is 4.61. The number of sulfone groups is 1. The number of benzene rings is 1. The van der Waals surface area contributed by atoms with Crippen LogP contribution < -0.4 is 0 Å². The molecule has 0 unspecified atom stereocenters. The van der Waals surface area contributed by atoms with Gasteiger partial charge in [0.1, 0.15) is 5.82 Å². The minimum Gasteiger partial charge on any atom is -0.383 e. The van der Waals surface area contributed by atoms with Crippen LogP contribution in [0.3, 0.4) is 0 Å². The molecule has 3 rings (SSSR count). The van der Waals surface area contributed by atoms with Gasteiger partial charge in [0.2, 0.25) is 0 Å². The zero-order valence-corrected chi connectivity index (χ0v) is 17.4. The van der Waals surface area contributed by atoms with E-state index < -0.39 is 9.84 Å². The van der Waals surface area contributed by atoms with Crippen LogP contribution in [0.15, 0.2) is 30.3 Å². The van der Waals surface area contributed by atoms with Crippen LogP contribution in [0.1, 0.15) is 17.8 Å². The van der Waals surface area contributed by atoms with Gasteiger partial charge in [-0.3, -0.25) is 9.47 Å². The molecule has 0 spiro atoms. The van der Waals surface area contributed by atoms with Crippen molar-refractivity contribution in [3.8, 4) is 0 Å². The second-order valence-corrected chi connectivity index (χ2v) is 9.50. The van der Waals surface area contributed by atoms with Gasteiger partial charge in [-0.05, 0) is 31.1 Å². The van der Waals surface area contributed by atoms with Gasteiger partial charge < -0.3 is 4.74 Å². The van der Waals surface area contributed by atoms with Crippen LogP contribution >= 0.6 is 12.2 Å². The molecule has 1 aliphatic heterocycles. The highest BCUT2D eigenvalue weighted by Crippen LogP contribution is 2.19. The Morgan fingerprint density at radius 2 is 2.07 bits per heavy atom. The maximum absolute atomic E-state index is 11.9. The van der Waals surface area contributed by atoms with Crippen molar-refractivity contribution in [1.82, 2.24) is 19.2 Å². The molecule has 2 heterocycles. The third-order valence-corrected chi connectivity index (χ3v) is 7.10. The highest BCUT2D eigenvalue weighted by Gasteiger charge is 2.32. The van der Waals surface area contributed by atoms with Gasteiger partial charge in [-0.25, -0.2) is 13.1 Å². The number of hydrogen-bond donors (Lipinski definition) is 0. The van der Waals surface area contributed by atoms with Crippen molar-refractivity contribution in [3.05, 3.63) is 46.5 Å². The maximum Gasteiger partial charge on any atom is 0.199 e. The van der Waals surface area contributed by atoms with Crippen LogP contribution in [-0.4, -0.2) is 65.5 Å². The van der Waals surface area contributed by atoms with Gasteiger partial charge in [-0.15, -0.1) is 0 Å². The predicted octanol–water partition coefficient (Wildman–Crippen LogP) is 1.86. The molecule has 0 amide bonds. The Kier molecular flexibility index (Phi) is 6.46. The third kappa shape index (κ3) is 5.04. The van der Waals surface area contributed by atoms with E-state index in [-0.39, 0.29) is 17.5 Å². The number of rotatable bonds is 8. The van der Waals surface area contributed by atoms with E-state index in [0.717, 1.165) is 11.4 Å². The molecular formula is C18H26N4O3S2. The molecule has 0 radical (unpaired) electrons. The van der Waals surface area contributed by atoms with E-state index in [1.54, 1.807) is 11.8 Å². The Bertz CT molecular complexity index is 922. The Morgan fingerprint density at radius 1 is 1.33 bits per heavy atom. The summed E-state index contributed by atoms with van der Waals surface area (Å²) in [6.07, 6.45) is 0.642. The van der Waals surface area contributed by atoms with Gasteiger partial charge in [0, 0.05) is 19.7 Å². The minimum absolute atomic E-state index is 0.0216. The summed E-state index contributed by atoms with van der Waals surface area (Å²) >= 11 is 5.65. The van der Waals surface area contributed by atoms with Crippen molar-refractivity contribution in [2.45, 2.75) is 32.6 Å². The largest absolute Gasteiger partial charge is 0.383 e. The van der Waals surface area contributed by atoms with E-state index in [2.05, 4.69) is 22.1 Å². The minimum atomic E-state index is -2.95. The lowest BCUT2D eigenvalue weighted by molar-refractivity contribution is 0.0979. The van der Waals surface area contributed by atoms with Gasteiger partial charge in [0.25, 0.3) is 0 Å². The standard InChI is InChI=1S/C18H26N4O3S2/c1-15-19-22(18(26)21(15)12-16-6-4-3-5-7-16)14-20(9-10-25-2)17-8-11-27(23,24)13-17/h3-7,17H,8-14H2,1-2H3/t17-/m1/s1. The lowest BCUT2D eigenvalue weighted by Gasteiger charge is -2.27. The first-order valence-corrected chi connectivity index (χ1v) is 11.2. The summed E-state index contributed by atoms with van der Waals surface area (Å²) in [5.41, 5.74) is 1.16. The number of aromatic nitrogens is 3. The summed E-state index contributed by atoms with van der Waals surface area (Å²) in [5.74, 6) is 1.27. The molecule has 2 aromatic rings. The van der Waals surface area contributed by atoms with Crippen LogP contribution in [-0.2, 0) is 27.8 Å². The zero-order chi connectivity index (χ0) is 19.4. The summed E-state index contributed by atoms with van der Waals surface area (Å²) in [4.78, 5) is 2.11.